The summed E-state index contributed by atoms with van der Waals surface area (Å²) in [7, 11) is 0. The molecule has 2 unspecified atom stereocenters. The maximum absolute atomic E-state index is 11.7. The average molecular weight is 317 g/mol. The number of carbonyl (C=O) groups excluding carboxylic acids is 1. The molecule has 0 bridgehead atoms. The summed E-state index contributed by atoms with van der Waals surface area (Å²) in [6, 6.07) is 0.834. The first kappa shape index (κ1) is 18.6. The Kier molecular flexibility index (Phi) is 6.85. The van der Waals surface area contributed by atoms with Crippen LogP contribution in [0.25, 0.3) is 0 Å². The van der Waals surface area contributed by atoms with E-state index in [9.17, 15) is 4.79 Å². The third kappa shape index (κ3) is 7.96. The Morgan fingerprint density at radius 2 is 2.10 bits per heavy atom. The highest BCUT2D eigenvalue weighted by atomic mass is 32.2. The number of rotatable bonds is 5. The molecule has 21 heavy (non-hydrogen) atoms. The van der Waals surface area contributed by atoms with Crippen LogP contribution in [0.2, 0.25) is 0 Å². The first-order valence-electron chi connectivity index (χ1n) is 7.92. The lowest BCUT2D eigenvalue weighted by Gasteiger charge is -2.37. The zero-order valence-electron chi connectivity index (χ0n) is 14.4. The van der Waals surface area contributed by atoms with Gasteiger partial charge in [-0.2, -0.15) is 11.8 Å². The monoisotopic (exact) mass is 316 g/mol. The van der Waals surface area contributed by atoms with Crippen molar-refractivity contribution in [3.8, 4) is 0 Å². The molecule has 0 aromatic heterocycles. The third-order valence-corrected chi connectivity index (χ3v) is 5.09. The molecule has 1 saturated heterocycles. The van der Waals surface area contributed by atoms with Gasteiger partial charge in [-0.3, -0.25) is 0 Å². The second-order valence-electron chi connectivity index (χ2n) is 7.74. The van der Waals surface area contributed by atoms with Crippen LogP contribution in [0, 0.1) is 5.41 Å². The first-order valence-corrected chi connectivity index (χ1v) is 9.07. The highest BCUT2D eigenvalue weighted by molar-refractivity contribution is 7.99. The maximum atomic E-state index is 11.7. The van der Waals surface area contributed by atoms with Gasteiger partial charge in [0.15, 0.2) is 0 Å². The summed E-state index contributed by atoms with van der Waals surface area (Å²) in [6.45, 7) is 13.1. The molecule has 124 valence electrons. The molecule has 1 aliphatic rings. The van der Waals surface area contributed by atoms with Crippen molar-refractivity contribution < 1.29 is 9.53 Å². The third-order valence-electron chi connectivity index (χ3n) is 3.47. The number of thioether (sulfide) groups is 1. The van der Waals surface area contributed by atoms with Gasteiger partial charge >= 0.3 is 6.09 Å². The molecule has 1 aliphatic heterocycles. The number of hydrogen-bond acceptors (Lipinski definition) is 4. The fourth-order valence-electron chi connectivity index (χ4n) is 2.54. The van der Waals surface area contributed by atoms with Gasteiger partial charge in [-0.1, -0.05) is 20.8 Å². The van der Waals surface area contributed by atoms with Crippen molar-refractivity contribution in [2.24, 2.45) is 5.41 Å². The largest absolute Gasteiger partial charge is 0.444 e. The van der Waals surface area contributed by atoms with Crippen molar-refractivity contribution in [3.63, 3.8) is 0 Å². The van der Waals surface area contributed by atoms with Gasteiger partial charge < -0.3 is 15.4 Å². The Bertz CT molecular complexity index is 340. The van der Waals surface area contributed by atoms with E-state index in [2.05, 4.69) is 31.4 Å². The molecule has 1 amide bonds. The summed E-state index contributed by atoms with van der Waals surface area (Å²) in [6.07, 6.45) is 1.86. The molecule has 1 heterocycles. The topological polar surface area (TPSA) is 50.4 Å². The number of carbonyl (C=O) groups is 1. The van der Waals surface area contributed by atoms with E-state index >= 15 is 0 Å². The second kappa shape index (κ2) is 7.73. The van der Waals surface area contributed by atoms with Crippen molar-refractivity contribution in [2.75, 3.05) is 18.1 Å². The molecule has 0 radical (unpaired) electrons. The normalized spacial score (nSPS) is 23.4. The van der Waals surface area contributed by atoms with Crippen LogP contribution in [-0.4, -0.2) is 41.8 Å². The van der Waals surface area contributed by atoms with Crippen molar-refractivity contribution in [2.45, 2.75) is 72.1 Å². The van der Waals surface area contributed by atoms with Gasteiger partial charge in [0, 0.05) is 24.4 Å². The lowest BCUT2D eigenvalue weighted by molar-refractivity contribution is 0.0521. The Morgan fingerprint density at radius 1 is 1.43 bits per heavy atom. The number of ether oxygens (including phenoxy) is 1. The predicted molar refractivity (Wildman–Crippen MR) is 91.0 cm³/mol. The average Bonchev–Trinajstić information content (AvgIpc) is 2.31. The lowest BCUT2D eigenvalue weighted by Crippen LogP contribution is -2.49. The minimum absolute atomic E-state index is 0.303. The molecule has 0 aromatic rings. The molecular formula is C16H32N2O2S. The fourth-order valence-corrected chi connectivity index (χ4v) is 3.83. The number of nitrogens with one attached hydrogen (secondary N) is 2. The Hall–Kier alpha value is -0.420. The van der Waals surface area contributed by atoms with Gasteiger partial charge in [0.2, 0.25) is 0 Å². The zero-order valence-corrected chi connectivity index (χ0v) is 15.2. The Labute approximate surface area is 134 Å². The molecule has 0 saturated carbocycles. The van der Waals surface area contributed by atoms with Crippen LogP contribution in [-0.2, 0) is 4.74 Å². The predicted octanol–water partition coefficient (Wildman–Crippen LogP) is 3.41. The van der Waals surface area contributed by atoms with Crippen LogP contribution >= 0.6 is 11.8 Å². The zero-order chi connectivity index (χ0) is 16.1. The van der Waals surface area contributed by atoms with Gasteiger partial charge in [0.05, 0.1) is 0 Å². The van der Waals surface area contributed by atoms with Crippen LogP contribution in [0.1, 0.15) is 54.4 Å². The molecular weight excluding hydrogens is 284 g/mol. The highest BCUT2D eigenvalue weighted by Gasteiger charge is 2.29. The summed E-state index contributed by atoms with van der Waals surface area (Å²) in [5.41, 5.74) is -0.0409. The summed E-state index contributed by atoms with van der Waals surface area (Å²) in [5, 5.41) is 6.56. The van der Waals surface area contributed by atoms with Crippen LogP contribution in [0.3, 0.4) is 0 Å². The van der Waals surface area contributed by atoms with Gasteiger partial charge in [-0.15, -0.1) is 0 Å². The molecule has 2 atom stereocenters. The minimum atomic E-state index is -0.441. The van der Waals surface area contributed by atoms with Crippen molar-refractivity contribution in [1.29, 1.82) is 0 Å². The van der Waals surface area contributed by atoms with Gasteiger partial charge in [0.1, 0.15) is 5.60 Å². The van der Waals surface area contributed by atoms with E-state index in [1.807, 2.05) is 32.5 Å². The van der Waals surface area contributed by atoms with E-state index in [-0.39, 0.29) is 6.09 Å². The van der Waals surface area contributed by atoms with Crippen LogP contribution < -0.4 is 10.6 Å². The quantitative estimate of drug-likeness (QED) is 0.816. The minimum Gasteiger partial charge on any atom is -0.444 e. The molecule has 2 N–H and O–H groups in total. The summed E-state index contributed by atoms with van der Waals surface area (Å²) in [5.74, 6) is 2.39. The summed E-state index contributed by atoms with van der Waals surface area (Å²) >= 11 is 2.02. The molecule has 4 nitrogen and oxygen atoms in total. The van der Waals surface area contributed by atoms with Crippen molar-refractivity contribution in [3.05, 3.63) is 0 Å². The molecule has 0 spiro atoms. The van der Waals surface area contributed by atoms with Crippen LogP contribution in [0.5, 0.6) is 0 Å². The number of hydrogen-bond donors (Lipinski definition) is 2. The second-order valence-corrected chi connectivity index (χ2v) is 8.77. The van der Waals surface area contributed by atoms with E-state index in [1.54, 1.807) is 0 Å². The van der Waals surface area contributed by atoms with E-state index in [0.717, 1.165) is 12.2 Å². The Balaban J connectivity index is 2.36. The smallest absolute Gasteiger partial charge is 0.407 e. The maximum Gasteiger partial charge on any atom is 0.407 e. The number of alkyl carbamates (subject to hydrolysis) is 1. The van der Waals surface area contributed by atoms with Gasteiger partial charge in [-0.05, 0) is 44.8 Å². The van der Waals surface area contributed by atoms with Crippen molar-refractivity contribution >= 4 is 17.9 Å². The van der Waals surface area contributed by atoms with Crippen LogP contribution in [0.15, 0.2) is 0 Å². The van der Waals surface area contributed by atoms with E-state index in [4.69, 9.17) is 4.74 Å². The highest BCUT2D eigenvalue weighted by Crippen LogP contribution is 2.33. The summed E-state index contributed by atoms with van der Waals surface area (Å²) < 4.78 is 5.27. The fraction of sp³-hybridized carbons (Fsp3) is 0.938. The summed E-state index contributed by atoms with van der Waals surface area (Å²) in [4.78, 5) is 11.7. The van der Waals surface area contributed by atoms with Crippen LogP contribution in [0.4, 0.5) is 4.79 Å². The molecule has 5 heteroatoms. The molecule has 1 fully saturated rings. The molecule has 0 aromatic carbocycles. The van der Waals surface area contributed by atoms with E-state index < -0.39 is 5.60 Å². The lowest BCUT2D eigenvalue weighted by atomic mass is 9.87. The van der Waals surface area contributed by atoms with E-state index in [0.29, 0.717) is 24.0 Å². The molecule has 1 rings (SSSR count). The van der Waals surface area contributed by atoms with Gasteiger partial charge in [0.25, 0.3) is 0 Å². The molecule has 0 aliphatic carbocycles. The Morgan fingerprint density at radius 3 is 2.62 bits per heavy atom. The van der Waals surface area contributed by atoms with Crippen molar-refractivity contribution in [1.82, 2.24) is 10.6 Å². The SMILES string of the molecule is CCC(CNC(=O)OC(C)(C)C)NC1CSCC(C)(C)C1. The van der Waals surface area contributed by atoms with Gasteiger partial charge in [-0.25, -0.2) is 4.79 Å². The standard InChI is InChI=1S/C16H32N2O2S/c1-7-12(9-17-14(19)20-15(2,3)4)18-13-8-16(5,6)11-21-10-13/h12-13,18H,7-11H2,1-6H3,(H,17,19). The number of amides is 1. The van der Waals surface area contributed by atoms with E-state index in [1.165, 1.54) is 12.2 Å². The first-order chi connectivity index (χ1) is 9.61.